The molecule has 0 nitrogen and oxygen atoms in total. The van der Waals surface area contributed by atoms with Gasteiger partial charge in [-0.15, -0.1) is 0 Å². The smallest absolute Gasteiger partial charge is 0.0181 e. The van der Waals surface area contributed by atoms with Gasteiger partial charge in [-0.3, -0.25) is 0 Å². The maximum Gasteiger partial charge on any atom is 0.0181 e. The molecule has 0 fully saturated rings. The molecule has 2 rings (SSSR count). The monoisotopic (exact) mass is 278 g/mol. The quantitative estimate of drug-likeness (QED) is 0.654. The Morgan fingerprint density at radius 2 is 2.06 bits per heavy atom. The molecular weight excluding hydrogens is 260 g/mol. The molecule has 0 amide bonds. The second-order valence-corrected chi connectivity index (χ2v) is 5.47. The molecule has 0 radical (unpaired) electrons. The van der Waals surface area contributed by atoms with Crippen LogP contribution in [0.25, 0.3) is 6.08 Å². The average Bonchev–Trinajstić information content (AvgIpc) is 2.72. The van der Waals surface area contributed by atoms with E-state index in [1.807, 2.05) is 0 Å². The first kappa shape index (κ1) is 11.9. The van der Waals surface area contributed by atoms with Crippen LogP contribution in [-0.4, -0.2) is 0 Å². The van der Waals surface area contributed by atoms with Gasteiger partial charge < -0.3 is 0 Å². The van der Waals surface area contributed by atoms with Crippen LogP contribution in [0.15, 0.2) is 22.7 Å². The molecule has 0 saturated carbocycles. The van der Waals surface area contributed by atoms with Gasteiger partial charge >= 0.3 is 0 Å². The number of aryl methyl sites for hydroxylation is 1. The minimum absolute atomic E-state index is 1.11. The molecule has 0 heterocycles. The highest BCUT2D eigenvalue weighted by atomic mass is 79.9. The number of fused-ring (bicyclic) bond motifs is 1. The van der Waals surface area contributed by atoms with E-state index in [2.05, 4.69) is 47.1 Å². The van der Waals surface area contributed by atoms with E-state index in [1.165, 1.54) is 53.3 Å². The Bertz CT molecular complexity index is 391. The molecule has 0 aromatic heterocycles. The lowest BCUT2D eigenvalue weighted by Crippen LogP contribution is -1.93. The van der Waals surface area contributed by atoms with Gasteiger partial charge in [-0.2, -0.15) is 0 Å². The molecule has 0 unspecified atom stereocenters. The lowest BCUT2D eigenvalue weighted by atomic mass is 9.98. The number of hydrogen-bond donors (Lipinski definition) is 0. The van der Waals surface area contributed by atoms with E-state index in [0.717, 1.165) is 6.42 Å². The largest absolute Gasteiger partial charge is 0.0795 e. The third-order valence-electron chi connectivity index (χ3n) is 3.24. The van der Waals surface area contributed by atoms with E-state index in [4.69, 9.17) is 0 Å². The lowest BCUT2D eigenvalue weighted by Gasteiger charge is -2.09. The molecule has 16 heavy (non-hydrogen) atoms. The van der Waals surface area contributed by atoms with Crippen LogP contribution in [0.5, 0.6) is 0 Å². The van der Waals surface area contributed by atoms with E-state index in [0.29, 0.717) is 0 Å². The summed E-state index contributed by atoms with van der Waals surface area (Å²) >= 11 is 3.61. The summed E-state index contributed by atoms with van der Waals surface area (Å²) in [6.45, 7) is 2.26. The van der Waals surface area contributed by atoms with Gasteiger partial charge in [0, 0.05) is 4.47 Å². The number of halogens is 1. The van der Waals surface area contributed by atoms with Crippen LogP contribution in [0.4, 0.5) is 0 Å². The van der Waals surface area contributed by atoms with Crippen molar-refractivity contribution in [2.75, 3.05) is 0 Å². The summed E-state index contributed by atoms with van der Waals surface area (Å²) in [4.78, 5) is 0. The first-order chi connectivity index (χ1) is 7.81. The number of rotatable bonds is 5. The number of unbranched alkanes of at least 4 members (excludes halogenated alkanes) is 3. The Hall–Kier alpha value is -0.560. The van der Waals surface area contributed by atoms with Crippen molar-refractivity contribution in [1.82, 2.24) is 0 Å². The predicted octanol–water partition coefficient (Wildman–Crippen LogP) is 5.14. The molecule has 0 N–H and O–H groups in total. The second kappa shape index (κ2) is 5.67. The van der Waals surface area contributed by atoms with E-state index >= 15 is 0 Å². The van der Waals surface area contributed by atoms with Crippen molar-refractivity contribution in [3.05, 3.63) is 39.4 Å². The van der Waals surface area contributed by atoms with Crippen LogP contribution in [0.2, 0.25) is 0 Å². The normalized spacial score (nSPS) is 13.1. The Morgan fingerprint density at radius 3 is 2.88 bits per heavy atom. The summed E-state index contributed by atoms with van der Waals surface area (Å²) in [5.41, 5.74) is 4.49. The van der Waals surface area contributed by atoms with E-state index in [1.54, 1.807) is 0 Å². The SMILES string of the molecule is CCCCCCc1cc(Br)cc2c1C=CC2. The van der Waals surface area contributed by atoms with Crippen molar-refractivity contribution in [3.8, 4) is 0 Å². The lowest BCUT2D eigenvalue weighted by molar-refractivity contribution is 0.666. The topological polar surface area (TPSA) is 0 Å². The highest BCUT2D eigenvalue weighted by Gasteiger charge is 2.10. The summed E-state index contributed by atoms with van der Waals surface area (Å²) < 4.78 is 1.24. The number of benzene rings is 1. The summed E-state index contributed by atoms with van der Waals surface area (Å²) in [6, 6.07) is 4.55. The molecule has 0 saturated heterocycles. The van der Waals surface area contributed by atoms with E-state index < -0.39 is 0 Å². The fourth-order valence-corrected chi connectivity index (χ4v) is 2.92. The summed E-state index contributed by atoms with van der Waals surface area (Å²) in [5, 5.41) is 0. The Labute approximate surface area is 107 Å². The van der Waals surface area contributed by atoms with Gasteiger partial charge in [0.15, 0.2) is 0 Å². The number of allylic oxidation sites excluding steroid dienone is 1. The molecule has 1 aliphatic carbocycles. The third kappa shape index (κ3) is 2.76. The molecule has 1 aromatic rings. The van der Waals surface area contributed by atoms with Gasteiger partial charge in [-0.05, 0) is 48.1 Å². The highest BCUT2D eigenvalue weighted by Crippen LogP contribution is 2.28. The zero-order valence-electron chi connectivity index (χ0n) is 9.93. The Balaban J connectivity index is 2.05. The first-order valence-electron chi connectivity index (χ1n) is 6.29. The van der Waals surface area contributed by atoms with Crippen LogP contribution in [0.1, 0.15) is 49.3 Å². The van der Waals surface area contributed by atoms with Crippen LogP contribution in [-0.2, 0) is 12.8 Å². The molecule has 1 heteroatoms. The fraction of sp³-hybridized carbons (Fsp3) is 0.467. The van der Waals surface area contributed by atoms with Crippen molar-refractivity contribution >= 4 is 22.0 Å². The first-order valence-corrected chi connectivity index (χ1v) is 7.08. The minimum Gasteiger partial charge on any atom is -0.0795 e. The Kier molecular flexibility index (Phi) is 4.22. The van der Waals surface area contributed by atoms with Crippen LogP contribution < -0.4 is 0 Å². The molecule has 0 aliphatic heterocycles. The van der Waals surface area contributed by atoms with Crippen molar-refractivity contribution in [3.63, 3.8) is 0 Å². The van der Waals surface area contributed by atoms with Crippen LogP contribution in [0, 0.1) is 0 Å². The van der Waals surface area contributed by atoms with Crippen molar-refractivity contribution < 1.29 is 0 Å². The molecule has 86 valence electrons. The highest BCUT2D eigenvalue weighted by molar-refractivity contribution is 9.10. The van der Waals surface area contributed by atoms with Gasteiger partial charge in [-0.25, -0.2) is 0 Å². The maximum atomic E-state index is 3.61. The number of hydrogen-bond acceptors (Lipinski definition) is 0. The standard InChI is InChI=1S/C15H19Br/c1-2-3-4-5-7-12-10-14(16)11-13-8-6-9-15(12)13/h6,9-11H,2-5,7-8H2,1H3. The zero-order chi connectivity index (χ0) is 11.4. The minimum atomic E-state index is 1.11. The van der Waals surface area contributed by atoms with Gasteiger partial charge in [0.05, 0.1) is 0 Å². The van der Waals surface area contributed by atoms with Gasteiger partial charge in [-0.1, -0.05) is 54.3 Å². The molecule has 0 bridgehead atoms. The average molecular weight is 279 g/mol. The summed E-state index contributed by atoms with van der Waals surface area (Å²) in [6.07, 6.45) is 12.3. The second-order valence-electron chi connectivity index (χ2n) is 4.55. The van der Waals surface area contributed by atoms with E-state index in [-0.39, 0.29) is 0 Å². The van der Waals surface area contributed by atoms with Crippen molar-refractivity contribution in [2.24, 2.45) is 0 Å². The fourth-order valence-electron chi connectivity index (χ4n) is 2.37. The molecule has 1 aromatic carbocycles. The Morgan fingerprint density at radius 1 is 1.19 bits per heavy atom. The van der Waals surface area contributed by atoms with E-state index in [9.17, 15) is 0 Å². The van der Waals surface area contributed by atoms with Crippen LogP contribution >= 0.6 is 15.9 Å². The zero-order valence-corrected chi connectivity index (χ0v) is 11.5. The van der Waals surface area contributed by atoms with Gasteiger partial charge in [0.25, 0.3) is 0 Å². The molecular formula is C15H19Br. The maximum absolute atomic E-state index is 3.61. The van der Waals surface area contributed by atoms with Crippen molar-refractivity contribution in [2.45, 2.75) is 45.4 Å². The van der Waals surface area contributed by atoms with Crippen LogP contribution in [0.3, 0.4) is 0 Å². The predicted molar refractivity (Wildman–Crippen MR) is 74.7 cm³/mol. The van der Waals surface area contributed by atoms with Gasteiger partial charge in [0.1, 0.15) is 0 Å². The summed E-state index contributed by atoms with van der Waals surface area (Å²) in [7, 11) is 0. The van der Waals surface area contributed by atoms with Crippen molar-refractivity contribution in [1.29, 1.82) is 0 Å². The molecule has 0 spiro atoms. The third-order valence-corrected chi connectivity index (χ3v) is 3.70. The molecule has 0 atom stereocenters. The molecule has 1 aliphatic rings. The summed E-state index contributed by atoms with van der Waals surface area (Å²) in [5.74, 6) is 0. The van der Waals surface area contributed by atoms with Gasteiger partial charge in [0.2, 0.25) is 0 Å².